The zero-order valence-corrected chi connectivity index (χ0v) is 31.5. The second kappa shape index (κ2) is 14.0. The molecule has 0 bridgehead atoms. The lowest BCUT2D eigenvalue weighted by molar-refractivity contribution is 0.669. The number of hydrogen-bond donors (Lipinski definition) is 0. The van der Waals surface area contributed by atoms with E-state index < -0.39 is 0 Å². The van der Waals surface area contributed by atoms with Crippen molar-refractivity contribution in [2.24, 2.45) is 0 Å². The molecule has 0 aliphatic carbocycles. The maximum absolute atomic E-state index is 6.68. The Morgan fingerprint density at radius 3 is 1.50 bits per heavy atom. The minimum Gasteiger partial charge on any atom is -0.456 e. The highest BCUT2D eigenvalue weighted by atomic mass is 16.3. The van der Waals surface area contributed by atoms with Crippen LogP contribution in [0.2, 0.25) is 0 Å². The molecular formula is C54H36N2O2. The molecule has 0 radical (unpaired) electrons. The highest BCUT2D eigenvalue weighted by molar-refractivity contribution is 6.09. The van der Waals surface area contributed by atoms with Gasteiger partial charge in [0.15, 0.2) is 0 Å². The molecule has 9 aromatic carbocycles. The fourth-order valence-electron chi connectivity index (χ4n) is 8.32. The van der Waals surface area contributed by atoms with Crippen LogP contribution < -0.4 is 9.80 Å². The Morgan fingerprint density at radius 2 is 0.759 bits per heavy atom. The highest BCUT2D eigenvalue weighted by Crippen LogP contribution is 2.45. The third kappa shape index (κ3) is 5.87. The Morgan fingerprint density at radius 1 is 0.259 bits per heavy atom. The van der Waals surface area contributed by atoms with Crippen LogP contribution in [0.4, 0.5) is 34.1 Å². The second-order valence-electron chi connectivity index (χ2n) is 14.5. The predicted molar refractivity (Wildman–Crippen MR) is 241 cm³/mol. The van der Waals surface area contributed by atoms with Gasteiger partial charge in [0.25, 0.3) is 0 Å². The summed E-state index contributed by atoms with van der Waals surface area (Å²) >= 11 is 0. The number of hydrogen-bond acceptors (Lipinski definition) is 4. The zero-order chi connectivity index (χ0) is 38.4. The summed E-state index contributed by atoms with van der Waals surface area (Å²) in [7, 11) is 0. The Hall–Kier alpha value is -7.82. The molecule has 0 amide bonds. The minimum absolute atomic E-state index is 0.817. The van der Waals surface area contributed by atoms with E-state index in [9.17, 15) is 0 Å². The Kier molecular flexibility index (Phi) is 8.11. The van der Waals surface area contributed by atoms with Gasteiger partial charge in [-0.05, 0) is 95.6 Å². The van der Waals surface area contributed by atoms with E-state index in [0.717, 1.165) is 94.7 Å². The van der Waals surface area contributed by atoms with Gasteiger partial charge in [-0.3, -0.25) is 0 Å². The molecule has 11 rings (SSSR count). The lowest BCUT2D eigenvalue weighted by Crippen LogP contribution is -2.11. The van der Waals surface area contributed by atoms with Gasteiger partial charge in [-0.1, -0.05) is 127 Å². The summed E-state index contributed by atoms with van der Waals surface area (Å²) in [6.07, 6.45) is 0. The molecule has 0 fully saturated rings. The van der Waals surface area contributed by atoms with Crippen molar-refractivity contribution in [3.8, 4) is 22.3 Å². The molecule has 0 spiro atoms. The van der Waals surface area contributed by atoms with E-state index in [2.05, 4.69) is 210 Å². The summed E-state index contributed by atoms with van der Waals surface area (Å²) in [6, 6.07) is 76.8. The van der Waals surface area contributed by atoms with Crippen molar-refractivity contribution in [3.63, 3.8) is 0 Å². The lowest BCUT2D eigenvalue weighted by atomic mass is 10.0. The molecule has 2 aromatic heterocycles. The van der Waals surface area contributed by atoms with E-state index in [0.29, 0.717) is 0 Å². The fraction of sp³-hybridized carbons (Fsp3) is 0. The average Bonchev–Trinajstić information content (AvgIpc) is 3.85. The summed E-state index contributed by atoms with van der Waals surface area (Å²) < 4.78 is 13.0. The van der Waals surface area contributed by atoms with Crippen LogP contribution in [-0.4, -0.2) is 0 Å². The van der Waals surface area contributed by atoms with E-state index in [1.54, 1.807) is 0 Å². The fourth-order valence-corrected chi connectivity index (χ4v) is 8.32. The van der Waals surface area contributed by atoms with Crippen molar-refractivity contribution >= 4 is 78.0 Å². The SMILES string of the molecule is c1ccc(-c2cccc(N(c3ccc4oc5cc(N(c6ccccc6)c6ccc7c(c6)oc6ccccc67)ccc5c4c3)c3ccccc3-c3ccccc3)c2)cc1. The van der Waals surface area contributed by atoms with Crippen LogP contribution in [0.15, 0.2) is 227 Å². The number of anilines is 6. The molecule has 0 saturated heterocycles. The summed E-state index contributed by atoms with van der Waals surface area (Å²) in [5, 5.41) is 4.32. The van der Waals surface area contributed by atoms with Gasteiger partial charge in [-0.2, -0.15) is 0 Å². The van der Waals surface area contributed by atoms with Crippen LogP contribution in [0.3, 0.4) is 0 Å². The summed E-state index contributed by atoms with van der Waals surface area (Å²) in [4.78, 5) is 4.62. The number of benzene rings is 9. The normalized spacial score (nSPS) is 11.4. The third-order valence-electron chi connectivity index (χ3n) is 11.0. The highest BCUT2D eigenvalue weighted by Gasteiger charge is 2.21. The van der Waals surface area contributed by atoms with Gasteiger partial charge in [-0.15, -0.1) is 0 Å². The van der Waals surface area contributed by atoms with Gasteiger partial charge >= 0.3 is 0 Å². The van der Waals surface area contributed by atoms with Crippen LogP contribution >= 0.6 is 0 Å². The third-order valence-corrected chi connectivity index (χ3v) is 11.0. The first-order chi connectivity index (χ1) is 28.7. The number of para-hydroxylation sites is 3. The van der Waals surface area contributed by atoms with E-state index in [1.807, 2.05) is 18.2 Å². The van der Waals surface area contributed by atoms with Crippen LogP contribution in [0, 0.1) is 0 Å². The zero-order valence-electron chi connectivity index (χ0n) is 31.5. The predicted octanol–water partition coefficient (Wildman–Crippen LogP) is 15.8. The summed E-state index contributed by atoms with van der Waals surface area (Å²) in [6.45, 7) is 0. The molecule has 4 heteroatoms. The van der Waals surface area contributed by atoms with Crippen molar-refractivity contribution < 1.29 is 8.83 Å². The Labute approximate surface area is 336 Å². The molecular weight excluding hydrogens is 709 g/mol. The minimum atomic E-state index is 0.817. The topological polar surface area (TPSA) is 32.8 Å². The Balaban J connectivity index is 1.05. The van der Waals surface area contributed by atoms with Gasteiger partial charge in [0.2, 0.25) is 0 Å². The summed E-state index contributed by atoms with van der Waals surface area (Å²) in [5.74, 6) is 0. The van der Waals surface area contributed by atoms with Crippen LogP contribution in [0.25, 0.3) is 66.1 Å². The monoisotopic (exact) mass is 744 g/mol. The van der Waals surface area contributed by atoms with E-state index in [1.165, 1.54) is 5.56 Å². The van der Waals surface area contributed by atoms with E-state index >= 15 is 0 Å². The molecule has 0 unspecified atom stereocenters. The molecule has 11 aromatic rings. The van der Waals surface area contributed by atoms with E-state index in [4.69, 9.17) is 8.83 Å². The Bertz CT molecular complexity index is 3240. The molecule has 274 valence electrons. The molecule has 4 nitrogen and oxygen atoms in total. The first-order valence-electron chi connectivity index (χ1n) is 19.6. The molecule has 58 heavy (non-hydrogen) atoms. The van der Waals surface area contributed by atoms with E-state index in [-0.39, 0.29) is 0 Å². The van der Waals surface area contributed by atoms with Gasteiger partial charge in [-0.25, -0.2) is 0 Å². The van der Waals surface area contributed by atoms with Crippen LogP contribution in [-0.2, 0) is 0 Å². The maximum Gasteiger partial charge on any atom is 0.137 e. The van der Waals surface area contributed by atoms with Gasteiger partial charge in [0.1, 0.15) is 22.3 Å². The van der Waals surface area contributed by atoms with Crippen molar-refractivity contribution in [1.29, 1.82) is 0 Å². The van der Waals surface area contributed by atoms with Crippen molar-refractivity contribution in [3.05, 3.63) is 218 Å². The first kappa shape index (κ1) is 33.5. The summed E-state index contributed by atoms with van der Waals surface area (Å²) in [5.41, 5.74) is 14.3. The van der Waals surface area contributed by atoms with Gasteiger partial charge < -0.3 is 18.6 Å². The standard InChI is InChI=1S/C54H36N2O2/c1-4-15-37(16-5-1)39-19-14-22-41(33-39)56(50-25-12-10-23-45(50)38-17-6-2-7-18-38)42-29-32-52-49(34-42)48-31-28-44(36-54(48)58-52)55(40-20-8-3-9-21-40)43-27-30-47-46-24-11-13-26-51(46)57-53(47)35-43/h1-36H. The number of nitrogens with zero attached hydrogens (tertiary/aromatic N) is 2. The number of rotatable bonds is 8. The second-order valence-corrected chi connectivity index (χ2v) is 14.5. The van der Waals surface area contributed by atoms with Crippen molar-refractivity contribution in [2.45, 2.75) is 0 Å². The number of furan rings is 2. The molecule has 2 heterocycles. The smallest absolute Gasteiger partial charge is 0.137 e. The van der Waals surface area contributed by atoms with Crippen LogP contribution in [0.5, 0.6) is 0 Å². The molecule has 0 atom stereocenters. The van der Waals surface area contributed by atoms with Crippen molar-refractivity contribution in [2.75, 3.05) is 9.80 Å². The largest absolute Gasteiger partial charge is 0.456 e. The van der Waals surface area contributed by atoms with Crippen LogP contribution in [0.1, 0.15) is 0 Å². The molecule has 0 N–H and O–H groups in total. The lowest BCUT2D eigenvalue weighted by Gasteiger charge is -2.28. The van der Waals surface area contributed by atoms with Crippen molar-refractivity contribution in [1.82, 2.24) is 0 Å². The van der Waals surface area contributed by atoms with Gasteiger partial charge in [0, 0.05) is 67.7 Å². The quantitative estimate of drug-likeness (QED) is 0.155. The first-order valence-corrected chi connectivity index (χ1v) is 19.6. The molecule has 0 aliphatic rings. The van der Waals surface area contributed by atoms with Gasteiger partial charge in [0.05, 0.1) is 5.69 Å². The maximum atomic E-state index is 6.68. The number of fused-ring (bicyclic) bond motifs is 6. The molecule has 0 aliphatic heterocycles. The average molecular weight is 745 g/mol. The molecule has 0 saturated carbocycles.